The number of hydrogen-bond acceptors (Lipinski definition) is 2. The van der Waals surface area contributed by atoms with E-state index in [2.05, 4.69) is 37.4 Å². The highest BCUT2D eigenvalue weighted by Crippen LogP contribution is 2.25. The van der Waals surface area contributed by atoms with Crippen molar-refractivity contribution >= 4 is 11.6 Å². The number of benzene rings is 2. The maximum atomic E-state index is 12.2. The lowest BCUT2D eigenvalue weighted by atomic mass is 10.0. The average Bonchev–Trinajstić information content (AvgIpc) is 2.49. The summed E-state index contributed by atoms with van der Waals surface area (Å²) in [7, 11) is 1.61. The second kappa shape index (κ2) is 7.12. The first-order chi connectivity index (χ1) is 10.5. The molecule has 0 aliphatic rings. The summed E-state index contributed by atoms with van der Waals surface area (Å²) in [4.78, 5) is 12.2. The number of aryl methyl sites for hydroxylation is 4. The number of amides is 1. The Morgan fingerprint density at radius 2 is 1.82 bits per heavy atom. The molecule has 2 aromatic carbocycles. The maximum absolute atomic E-state index is 12.2. The Bertz CT molecular complexity index is 677. The van der Waals surface area contributed by atoms with Crippen molar-refractivity contribution in [1.82, 2.24) is 0 Å². The molecule has 0 saturated heterocycles. The highest BCUT2D eigenvalue weighted by Gasteiger charge is 2.08. The van der Waals surface area contributed by atoms with Crippen LogP contribution in [0.5, 0.6) is 5.75 Å². The molecule has 0 bridgehead atoms. The predicted octanol–water partition coefficient (Wildman–Crippen LogP) is 4.19. The van der Waals surface area contributed by atoms with Gasteiger partial charge in [0.05, 0.1) is 12.8 Å². The average molecular weight is 297 g/mol. The number of hydrogen-bond donors (Lipinski definition) is 1. The molecule has 2 aromatic rings. The van der Waals surface area contributed by atoms with Crippen LogP contribution in [-0.2, 0) is 11.2 Å². The number of nitrogens with one attached hydrogen (secondary N) is 1. The number of carbonyl (C=O) groups excluding carboxylic acids is 1. The second-order valence-corrected chi connectivity index (χ2v) is 5.67. The number of anilines is 1. The molecule has 0 unspecified atom stereocenters. The van der Waals surface area contributed by atoms with Gasteiger partial charge < -0.3 is 10.1 Å². The van der Waals surface area contributed by atoms with E-state index in [0.717, 1.165) is 17.7 Å². The first kappa shape index (κ1) is 16.1. The van der Waals surface area contributed by atoms with Gasteiger partial charge in [-0.3, -0.25) is 4.79 Å². The van der Waals surface area contributed by atoms with E-state index in [4.69, 9.17) is 4.74 Å². The molecule has 2 rings (SSSR count). The van der Waals surface area contributed by atoms with E-state index in [1.807, 2.05) is 25.1 Å². The second-order valence-electron chi connectivity index (χ2n) is 5.67. The molecule has 1 N–H and O–H groups in total. The van der Waals surface area contributed by atoms with Crippen molar-refractivity contribution in [3.63, 3.8) is 0 Å². The summed E-state index contributed by atoms with van der Waals surface area (Å²) >= 11 is 0. The minimum absolute atomic E-state index is 0.00197. The molecule has 0 aliphatic heterocycles. The summed E-state index contributed by atoms with van der Waals surface area (Å²) in [6, 6.07) is 12.1. The van der Waals surface area contributed by atoms with Gasteiger partial charge in [-0.1, -0.05) is 24.3 Å². The van der Waals surface area contributed by atoms with Crippen LogP contribution in [0.2, 0.25) is 0 Å². The van der Waals surface area contributed by atoms with Gasteiger partial charge in [0.15, 0.2) is 0 Å². The van der Waals surface area contributed by atoms with Crippen molar-refractivity contribution < 1.29 is 9.53 Å². The van der Waals surface area contributed by atoms with Gasteiger partial charge in [-0.25, -0.2) is 0 Å². The molecule has 0 radical (unpaired) electrons. The first-order valence-corrected chi connectivity index (χ1v) is 7.50. The van der Waals surface area contributed by atoms with Crippen LogP contribution in [-0.4, -0.2) is 13.0 Å². The Balaban J connectivity index is 1.98. The zero-order valence-electron chi connectivity index (χ0n) is 13.7. The van der Waals surface area contributed by atoms with Crippen LogP contribution in [0.3, 0.4) is 0 Å². The van der Waals surface area contributed by atoms with E-state index in [1.165, 1.54) is 16.7 Å². The predicted molar refractivity (Wildman–Crippen MR) is 90.6 cm³/mol. The third kappa shape index (κ3) is 4.10. The quantitative estimate of drug-likeness (QED) is 0.898. The lowest BCUT2D eigenvalue weighted by Crippen LogP contribution is -2.13. The summed E-state index contributed by atoms with van der Waals surface area (Å²) in [5.74, 6) is 0.687. The Morgan fingerprint density at radius 3 is 2.50 bits per heavy atom. The molecule has 0 saturated carbocycles. The van der Waals surface area contributed by atoms with E-state index < -0.39 is 0 Å². The van der Waals surface area contributed by atoms with Crippen molar-refractivity contribution in [3.05, 3.63) is 58.7 Å². The van der Waals surface area contributed by atoms with Gasteiger partial charge in [0.2, 0.25) is 5.91 Å². The molecule has 116 valence electrons. The summed E-state index contributed by atoms with van der Waals surface area (Å²) < 4.78 is 5.28. The zero-order chi connectivity index (χ0) is 16.1. The van der Waals surface area contributed by atoms with Crippen LogP contribution in [0.15, 0.2) is 36.4 Å². The van der Waals surface area contributed by atoms with Crippen molar-refractivity contribution in [2.24, 2.45) is 0 Å². The Kier molecular flexibility index (Phi) is 5.21. The minimum atomic E-state index is 0.00197. The molecule has 22 heavy (non-hydrogen) atoms. The molecule has 0 aromatic heterocycles. The van der Waals surface area contributed by atoms with Crippen LogP contribution < -0.4 is 10.1 Å². The van der Waals surface area contributed by atoms with Gasteiger partial charge >= 0.3 is 0 Å². The van der Waals surface area contributed by atoms with E-state index in [-0.39, 0.29) is 5.91 Å². The lowest BCUT2D eigenvalue weighted by molar-refractivity contribution is -0.116. The normalized spacial score (nSPS) is 10.4. The fourth-order valence-corrected chi connectivity index (χ4v) is 2.35. The Labute approximate surface area is 132 Å². The lowest BCUT2D eigenvalue weighted by Gasteiger charge is -2.11. The van der Waals surface area contributed by atoms with E-state index in [9.17, 15) is 4.79 Å². The summed E-state index contributed by atoms with van der Waals surface area (Å²) in [5, 5.41) is 2.93. The smallest absolute Gasteiger partial charge is 0.224 e. The molecule has 3 heteroatoms. The van der Waals surface area contributed by atoms with E-state index in [1.54, 1.807) is 7.11 Å². The number of methoxy groups -OCH3 is 1. The Morgan fingerprint density at radius 1 is 1.05 bits per heavy atom. The number of carbonyl (C=O) groups is 1. The van der Waals surface area contributed by atoms with Crippen molar-refractivity contribution in [1.29, 1.82) is 0 Å². The van der Waals surface area contributed by atoms with Gasteiger partial charge in [-0.15, -0.1) is 0 Å². The first-order valence-electron chi connectivity index (χ1n) is 7.50. The minimum Gasteiger partial charge on any atom is -0.495 e. The van der Waals surface area contributed by atoms with Gasteiger partial charge in [0.1, 0.15) is 5.75 Å². The number of ether oxygens (including phenoxy) is 1. The maximum Gasteiger partial charge on any atom is 0.224 e. The van der Waals surface area contributed by atoms with Crippen molar-refractivity contribution in [2.45, 2.75) is 33.6 Å². The molecular formula is C19H23NO2. The van der Waals surface area contributed by atoms with Crippen LogP contribution in [0.25, 0.3) is 0 Å². The highest BCUT2D eigenvalue weighted by atomic mass is 16.5. The van der Waals surface area contributed by atoms with Crippen LogP contribution in [0, 0.1) is 20.8 Å². The Hall–Kier alpha value is -2.29. The van der Waals surface area contributed by atoms with Crippen molar-refractivity contribution in [3.8, 4) is 5.75 Å². The molecule has 0 atom stereocenters. The highest BCUT2D eigenvalue weighted by molar-refractivity contribution is 5.92. The third-order valence-electron chi connectivity index (χ3n) is 3.84. The standard InChI is InChI=1S/C19H23NO2/c1-13-5-9-18(22-4)17(11-13)20-19(21)10-8-16-7-6-14(2)15(3)12-16/h5-7,9,11-12H,8,10H2,1-4H3,(H,20,21). The third-order valence-corrected chi connectivity index (χ3v) is 3.84. The van der Waals surface area contributed by atoms with E-state index >= 15 is 0 Å². The fourth-order valence-electron chi connectivity index (χ4n) is 2.35. The molecule has 3 nitrogen and oxygen atoms in total. The fraction of sp³-hybridized carbons (Fsp3) is 0.316. The monoisotopic (exact) mass is 297 g/mol. The molecule has 0 spiro atoms. The summed E-state index contributed by atoms with van der Waals surface area (Å²) in [6.07, 6.45) is 1.20. The molecule has 1 amide bonds. The van der Waals surface area contributed by atoms with E-state index in [0.29, 0.717) is 12.2 Å². The summed E-state index contributed by atoms with van der Waals surface area (Å²) in [6.45, 7) is 6.18. The van der Waals surface area contributed by atoms with Gasteiger partial charge in [-0.2, -0.15) is 0 Å². The van der Waals surface area contributed by atoms with Gasteiger partial charge in [-0.05, 0) is 61.6 Å². The zero-order valence-corrected chi connectivity index (χ0v) is 13.7. The van der Waals surface area contributed by atoms with Crippen LogP contribution in [0.4, 0.5) is 5.69 Å². The molecular weight excluding hydrogens is 274 g/mol. The molecule has 0 heterocycles. The van der Waals surface area contributed by atoms with Crippen molar-refractivity contribution in [2.75, 3.05) is 12.4 Å². The number of rotatable bonds is 5. The van der Waals surface area contributed by atoms with Crippen LogP contribution >= 0.6 is 0 Å². The molecule has 0 fully saturated rings. The largest absolute Gasteiger partial charge is 0.495 e. The molecule has 0 aliphatic carbocycles. The SMILES string of the molecule is COc1ccc(C)cc1NC(=O)CCc1ccc(C)c(C)c1. The topological polar surface area (TPSA) is 38.3 Å². The van der Waals surface area contributed by atoms with Crippen LogP contribution in [0.1, 0.15) is 28.7 Å². The van der Waals surface area contributed by atoms with Gasteiger partial charge in [0.25, 0.3) is 0 Å². The van der Waals surface area contributed by atoms with Gasteiger partial charge in [0, 0.05) is 6.42 Å². The summed E-state index contributed by atoms with van der Waals surface area (Å²) in [5.41, 5.74) is 5.54.